The third-order valence-corrected chi connectivity index (χ3v) is 5.66. The van der Waals surface area contributed by atoms with E-state index in [1.54, 1.807) is 16.7 Å². The van der Waals surface area contributed by atoms with Crippen LogP contribution in [0.2, 0.25) is 0 Å². The molecule has 0 N–H and O–H groups in total. The molecule has 126 valence electrons. The van der Waals surface area contributed by atoms with Gasteiger partial charge in [0, 0.05) is 47.0 Å². The van der Waals surface area contributed by atoms with E-state index >= 15 is 0 Å². The van der Waals surface area contributed by atoms with Crippen molar-refractivity contribution in [2.24, 2.45) is 0 Å². The predicted molar refractivity (Wildman–Crippen MR) is 101 cm³/mol. The van der Waals surface area contributed by atoms with E-state index in [4.69, 9.17) is 0 Å². The van der Waals surface area contributed by atoms with Crippen LogP contribution in [0.25, 0.3) is 5.70 Å². The van der Waals surface area contributed by atoms with E-state index in [-0.39, 0.29) is 18.2 Å². The summed E-state index contributed by atoms with van der Waals surface area (Å²) < 4.78 is 0. The molecule has 2 aliphatic heterocycles. The average Bonchev–Trinajstić information content (AvgIpc) is 2.90. The molecule has 0 bridgehead atoms. The third kappa shape index (κ3) is 2.74. The smallest absolute Gasteiger partial charge is 0.258 e. The third-order valence-electron chi connectivity index (χ3n) is 4.62. The minimum Gasteiger partial charge on any atom is -0.310 e. The van der Waals surface area contributed by atoms with E-state index in [0.29, 0.717) is 24.4 Å². The Kier molecular flexibility index (Phi) is 4.09. The Labute approximate surface area is 151 Å². The molecule has 2 aromatic rings. The van der Waals surface area contributed by atoms with Crippen molar-refractivity contribution in [1.82, 2.24) is 4.90 Å². The van der Waals surface area contributed by atoms with Crippen LogP contribution in [0.15, 0.2) is 60.0 Å². The summed E-state index contributed by atoms with van der Waals surface area (Å²) in [5, 5.41) is 0. The number of hydrogen-bond acceptors (Lipinski definition) is 3. The standard InChI is InChI=1S/C20H18N2O2S/c1-14-15-6-2-3-7-16(15)20(24)21(14)11-10-19(23)22-12-13-25-18-9-5-4-8-17(18)22/h2-9H,1,10-13H2. The molecule has 2 amide bonds. The molecule has 0 unspecified atom stereocenters. The lowest BCUT2D eigenvalue weighted by atomic mass is 10.1. The van der Waals surface area contributed by atoms with E-state index < -0.39 is 0 Å². The van der Waals surface area contributed by atoms with Gasteiger partial charge in [-0.25, -0.2) is 0 Å². The minimum atomic E-state index is -0.0667. The number of amides is 2. The zero-order valence-electron chi connectivity index (χ0n) is 13.8. The molecule has 0 saturated carbocycles. The first-order valence-electron chi connectivity index (χ1n) is 8.29. The van der Waals surface area contributed by atoms with Gasteiger partial charge in [0.15, 0.2) is 0 Å². The first-order valence-corrected chi connectivity index (χ1v) is 9.28. The van der Waals surface area contributed by atoms with Gasteiger partial charge in [0.05, 0.1) is 5.69 Å². The number of carbonyl (C=O) groups excluding carboxylic acids is 2. The summed E-state index contributed by atoms with van der Waals surface area (Å²) >= 11 is 1.77. The predicted octanol–water partition coefficient (Wildman–Crippen LogP) is 3.64. The van der Waals surface area contributed by atoms with Crippen molar-refractivity contribution in [2.75, 3.05) is 23.7 Å². The van der Waals surface area contributed by atoms with Crippen molar-refractivity contribution in [3.05, 3.63) is 66.2 Å². The molecule has 0 fully saturated rings. The minimum absolute atomic E-state index is 0.0457. The molecule has 5 heteroatoms. The van der Waals surface area contributed by atoms with Crippen LogP contribution in [-0.4, -0.2) is 35.6 Å². The van der Waals surface area contributed by atoms with Crippen molar-refractivity contribution < 1.29 is 9.59 Å². The number of benzene rings is 2. The van der Waals surface area contributed by atoms with Crippen LogP contribution in [-0.2, 0) is 4.79 Å². The van der Waals surface area contributed by atoms with Gasteiger partial charge in [-0.1, -0.05) is 36.9 Å². The number of hydrogen-bond donors (Lipinski definition) is 0. The maximum Gasteiger partial charge on any atom is 0.258 e. The van der Waals surface area contributed by atoms with E-state index in [0.717, 1.165) is 21.9 Å². The maximum atomic E-state index is 12.8. The Bertz CT molecular complexity index is 843. The van der Waals surface area contributed by atoms with Gasteiger partial charge in [-0.3, -0.25) is 9.59 Å². The summed E-state index contributed by atoms with van der Waals surface area (Å²) in [4.78, 5) is 29.9. The van der Waals surface area contributed by atoms with Gasteiger partial charge in [-0.2, -0.15) is 0 Å². The van der Waals surface area contributed by atoms with Crippen molar-refractivity contribution >= 4 is 35.0 Å². The van der Waals surface area contributed by atoms with Crippen LogP contribution in [0, 0.1) is 0 Å². The fraction of sp³-hybridized carbons (Fsp3) is 0.200. The first kappa shape index (κ1) is 16.0. The van der Waals surface area contributed by atoms with Gasteiger partial charge >= 0.3 is 0 Å². The summed E-state index contributed by atoms with van der Waals surface area (Å²) in [6.07, 6.45) is 0.289. The maximum absolute atomic E-state index is 12.8. The first-order chi connectivity index (χ1) is 12.2. The number of rotatable bonds is 3. The second kappa shape index (κ2) is 6.41. The number of carbonyl (C=O) groups is 2. The summed E-state index contributed by atoms with van der Waals surface area (Å²) in [5.41, 5.74) is 3.18. The highest BCUT2D eigenvalue weighted by atomic mass is 32.2. The van der Waals surface area contributed by atoms with Crippen molar-refractivity contribution in [3.63, 3.8) is 0 Å². The average molecular weight is 350 g/mol. The Morgan fingerprint density at radius 2 is 1.80 bits per heavy atom. The fourth-order valence-corrected chi connectivity index (χ4v) is 4.34. The molecule has 25 heavy (non-hydrogen) atoms. The summed E-state index contributed by atoms with van der Waals surface area (Å²) in [6.45, 7) is 5.09. The van der Waals surface area contributed by atoms with E-state index in [1.807, 2.05) is 53.4 Å². The molecule has 4 rings (SSSR count). The lowest BCUT2D eigenvalue weighted by Crippen LogP contribution is -2.37. The van der Waals surface area contributed by atoms with Gasteiger partial charge in [0.1, 0.15) is 0 Å². The summed E-state index contributed by atoms with van der Waals surface area (Å²) in [6, 6.07) is 15.4. The Hall–Kier alpha value is -2.53. The second-order valence-corrected chi connectivity index (χ2v) is 7.20. The van der Waals surface area contributed by atoms with Gasteiger partial charge in [0.25, 0.3) is 5.91 Å². The molecule has 0 aliphatic carbocycles. The zero-order valence-corrected chi connectivity index (χ0v) is 14.6. The molecule has 0 radical (unpaired) electrons. The van der Waals surface area contributed by atoms with Crippen LogP contribution >= 0.6 is 11.8 Å². The van der Waals surface area contributed by atoms with E-state index in [1.165, 1.54) is 0 Å². The van der Waals surface area contributed by atoms with Crippen LogP contribution in [0.4, 0.5) is 5.69 Å². The molecule has 0 atom stereocenters. The molecule has 0 aromatic heterocycles. The lowest BCUT2D eigenvalue weighted by Gasteiger charge is -2.29. The van der Waals surface area contributed by atoms with Crippen molar-refractivity contribution in [1.29, 1.82) is 0 Å². The summed E-state index contributed by atoms with van der Waals surface area (Å²) in [5.74, 6) is 0.871. The lowest BCUT2D eigenvalue weighted by molar-refractivity contribution is -0.118. The van der Waals surface area contributed by atoms with Crippen LogP contribution in [0.3, 0.4) is 0 Å². The number of thioether (sulfide) groups is 1. The highest BCUT2D eigenvalue weighted by Gasteiger charge is 2.31. The summed E-state index contributed by atoms with van der Waals surface area (Å²) in [7, 11) is 0. The molecule has 2 heterocycles. The Morgan fingerprint density at radius 3 is 2.60 bits per heavy atom. The number of para-hydroxylation sites is 1. The van der Waals surface area contributed by atoms with Crippen LogP contribution in [0.1, 0.15) is 22.3 Å². The Morgan fingerprint density at radius 1 is 1.08 bits per heavy atom. The van der Waals surface area contributed by atoms with Crippen LogP contribution in [0.5, 0.6) is 0 Å². The van der Waals surface area contributed by atoms with Gasteiger partial charge in [-0.05, 0) is 18.2 Å². The SMILES string of the molecule is C=C1c2ccccc2C(=O)N1CCC(=O)N1CCSc2ccccc21. The van der Waals surface area contributed by atoms with E-state index in [2.05, 4.69) is 6.58 Å². The normalized spacial score (nSPS) is 16.0. The largest absolute Gasteiger partial charge is 0.310 e. The molecule has 0 saturated heterocycles. The fourth-order valence-electron chi connectivity index (χ4n) is 3.34. The van der Waals surface area contributed by atoms with Crippen molar-refractivity contribution in [3.8, 4) is 0 Å². The molecule has 2 aromatic carbocycles. The quantitative estimate of drug-likeness (QED) is 0.848. The molecule has 2 aliphatic rings. The second-order valence-electron chi connectivity index (χ2n) is 6.06. The van der Waals surface area contributed by atoms with Crippen molar-refractivity contribution in [2.45, 2.75) is 11.3 Å². The van der Waals surface area contributed by atoms with E-state index in [9.17, 15) is 9.59 Å². The Balaban J connectivity index is 1.47. The van der Waals surface area contributed by atoms with Gasteiger partial charge in [0.2, 0.25) is 5.91 Å². The van der Waals surface area contributed by atoms with Crippen LogP contribution < -0.4 is 4.90 Å². The molecular weight excluding hydrogens is 332 g/mol. The number of nitrogens with zero attached hydrogens (tertiary/aromatic N) is 2. The van der Waals surface area contributed by atoms with Gasteiger partial charge < -0.3 is 9.80 Å². The number of anilines is 1. The zero-order chi connectivity index (χ0) is 17.4. The molecule has 4 nitrogen and oxygen atoms in total. The number of fused-ring (bicyclic) bond motifs is 2. The highest BCUT2D eigenvalue weighted by molar-refractivity contribution is 7.99. The molecular formula is C20H18N2O2S. The van der Waals surface area contributed by atoms with Gasteiger partial charge in [-0.15, -0.1) is 11.8 Å². The monoisotopic (exact) mass is 350 g/mol. The highest BCUT2D eigenvalue weighted by Crippen LogP contribution is 2.35. The molecule has 0 spiro atoms. The topological polar surface area (TPSA) is 40.6 Å².